The van der Waals surface area contributed by atoms with Crippen LogP contribution in [0.5, 0.6) is 0 Å². The third-order valence-electron chi connectivity index (χ3n) is 5.52. The molecule has 11 nitrogen and oxygen atoms in total. The van der Waals surface area contributed by atoms with Gasteiger partial charge in [-0.2, -0.15) is 5.10 Å². The zero-order valence-corrected chi connectivity index (χ0v) is 19.3. The molecular weight excluding hydrogens is 424 g/mol. The van der Waals surface area contributed by atoms with Crippen molar-refractivity contribution in [3.8, 4) is 5.95 Å². The number of fused-ring (bicyclic) bond motifs is 1. The second-order valence-corrected chi connectivity index (χ2v) is 8.04. The van der Waals surface area contributed by atoms with E-state index in [1.165, 1.54) is 30.9 Å². The quantitative estimate of drug-likeness (QED) is 0.493. The summed E-state index contributed by atoms with van der Waals surface area (Å²) in [5.74, 6) is 0.171. The molecule has 0 saturated carbocycles. The smallest absolute Gasteiger partial charge is 0.324 e. The van der Waals surface area contributed by atoms with Gasteiger partial charge in [-0.3, -0.25) is 18.7 Å². The van der Waals surface area contributed by atoms with Gasteiger partial charge in [0, 0.05) is 36.7 Å². The van der Waals surface area contributed by atoms with Gasteiger partial charge in [0.25, 0.3) is 11.5 Å². The summed E-state index contributed by atoms with van der Waals surface area (Å²) in [6.07, 6.45) is 1.50. The Morgan fingerprint density at radius 2 is 1.67 bits per heavy atom. The topological polar surface area (TPSA) is 130 Å². The number of carbonyl (C=O) groups is 1. The number of rotatable bonds is 4. The molecule has 0 aliphatic carbocycles. The van der Waals surface area contributed by atoms with Gasteiger partial charge in [-0.25, -0.2) is 24.4 Å². The lowest BCUT2D eigenvalue weighted by Crippen LogP contribution is -2.37. The first kappa shape index (κ1) is 22.1. The minimum atomic E-state index is -0.474. The summed E-state index contributed by atoms with van der Waals surface area (Å²) in [4.78, 5) is 50.5. The fourth-order valence-corrected chi connectivity index (χ4v) is 3.83. The molecular formula is C22H24N8O3. The highest BCUT2D eigenvalue weighted by atomic mass is 16.2. The highest BCUT2D eigenvalue weighted by Crippen LogP contribution is 2.18. The number of hydrogen-bond acceptors (Lipinski definition) is 7. The van der Waals surface area contributed by atoms with Crippen molar-refractivity contribution in [1.82, 2.24) is 33.9 Å². The lowest BCUT2D eigenvalue weighted by Gasteiger charge is -2.09. The molecule has 0 radical (unpaired) electrons. The van der Waals surface area contributed by atoms with Crippen LogP contribution in [0.3, 0.4) is 0 Å². The number of pyridine rings is 1. The Labute approximate surface area is 188 Å². The van der Waals surface area contributed by atoms with Gasteiger partial charge in [-0.05, 0) is 39.8 Å². The van der Waals surface area contributed by atoms with E-state index in [2.05, 4.69) is 25.4 Å². The van der Waals surface area contributed by atoms with Crippen LogP contribution in [0.2, 0.25) is 0 Å². The average Bonchev–Trinajstić information content (AvgIpc) is 3.03. The van der Waals surface area contributed by atoms with Crippen LogP contribution in [0, 0.1) is 27.7 Å². The van der Waals surface area contributed by atoms with Gasteiger partial charge in [0.2, 0.25) is 5.91 Å². The lowest BCUT2D eigenvalue weighted by atomic mass is 10.1. The van der Waals surface area contributed by atoms with Crippen LogP contribution in [0.4, 0.5) is 5.69 Å². The van der Waals surface area contributed by atoms with E-state index in [9.17, 15) is 14.4 Å². The van der Waals surface area contributed by atoms with Gasteiger partial charge < -0.3 is 5.32 Å². The Bertz CT molecular complexity index is 1520. The van der Waals surface area contributed by atoms with E-state index in [0.717, 1.165) is 27.2 Å². The molecule has 11 heteroatoms. The molecule has 170 valence electrons. The van der Waals surface area contributed by atoms with Crippen LogP contribution < -0.4 is 16.6 Å². The van der Waals surface area contributed by atoms with Crippen LogP contribution in [0.25, 0.3) is 17.0 Å². The molecule has 0 bridgehead atoms. The predicted octanol–water partition coefficient (Wildman–Crippen LogP) is 1.02. The van der Waals surface area contributed by atoms with Gasteiger partial charge >= 0.3 is 5.69 Å². The average molecular weight is 448 g/mol. The van der Waals surface area contributed by atoms with Gasteiger partial charge in [-0.1, -0.05) is 0 Å². The van der Waals surface area contributed by atoms with Crippen LogP contribution in [0.15, 0.2) is 27.9 Å². The minimum absolute atomic E-state index is 0.0752. The highest BCUT2D eigenvalue weighted by Gasteiger charge is 2.18. The third-order valence-corrected chi connectivity index (χ3v) is 5.52. The molecule has 1 N–H and O–H groups in total. The third kappa shape index (κ3) is 3.93. The predicted molar refractivity (Wildman–Crippen MR) is 123 cm³/mol. The fourth-order valence-electron chi connectivity index (χ4n) is 3.83. The Balaban J connectivity index is 1.62. The van der Waals surface area contributed by atoms with Crippen molar-refractivity contribution in [3.63, 3.8) is 0 Å². The zero-order chi connectivity index (χ0) is 24.0. The fraction of sp³-hybridized carbons (Fsp3) is 0.318. The van der Waals surface area contributed by atoms with E-state index in [0.29, 0.717) is 17.3 Å². The van der Waals surface area contributed by atoms with Crippen molar-refractivity contribution in [2.45, 2.75) is 34.1 Å². The molecule has 4 rings (SSSR count). The maximum absolute atomic E-state index is 12.8. The van der Waals surface area contributed by atoms with Crippen molar-refractivity contribution in [3.05, 3.63) is 67.5 Å². The van der Waals surface area contributed by atoms with Crippen molar-refractivity contribution < 1.29 is 4.79 Å². The van der Waals surface area contributed by atoms with E-state index >= 15 is 0 Å². The summed E-state index contributed by atoms with van der Waals surface area (Å²) in [6.45, 7) is 7.48. The molecule has 0 aliphatic rings. The molecule has 1 amide bonds. The summed E-state index contributed by atoms with van der Waals surface area (Å²) >= 11 is 0. The molecule has 0 atom stereocenters. The number of aromatic nitrogens is 7. The van der Waals surface area contributed by atoms with Crippen molar-refractivity contribution >= 4 is 22.6 Å². The van der Waals surface area contributed by atoms with E-state index in [4.69, 9.17) is 0 Å². The van der Waals surface area contributed by atoms with Gasteiger partial charge in [0.15, 0.2) is 0 Å². The maximum Gasteiger partial charge on any atom is 0.332 e. The summed E-state index contributed by atoms with van der Waals surface area (Å²) in [6, 6.07) is 3.40. The molecule has 4 heterocycles. The largest absolute Gasteiger partial charge is 0.332 e. The molecule has 4 aromatic rings. The lowest BCUT2D eigenvalue weighted by molar-refractivity contribution is -0.115. The molecule has 0 saturated heterocycles. The summed E-state index contributed by atoms with van der Waals surface area (Å²) in [5.41, 5.74) is 3.58. The highest BCUT2D eigenvalue weighted by molar-refractivity contribution is 5.94. The van der Waals surface area contributed by atoms with Crippen LogP contribution in [-0.2, 0) is 25.3 Å². The molecule has 0 aliphatic heterocycles. The molecule has 0 aromatic carbocycles. The molecule has 0 fully saturated rings. The molecule has 33 heavy (non-hydrogen) atoms. The Morgan fingerprint density at radius 1 is 1.00 bits per heavy atom. The number of nitrogens with one attached hydrogen (secondary N) is 1. The Morgan fingerprint density at radius 3 is 2.33 bits per heavy atom. The van der Waals surface area contributed by atoms with Gasteiger partial charge in [0.1, 0.15) is 5.65 Å². The summed E-state index contributed by atoms with van der Waals surface area (Å²) < 4.78 is 3.93. The number of hydrogen-bond donors (Lipinski definition) is 1. The number of aryl methyl sites for hydroxylation is 4. The van der Waals surface area contributed by atoms with Crippen LogP contribution >= 0.6 is 0 Å². The molecule has 4 aromatic heterocycles. The van der Waals surface area contributed by atoms with E-state index in [1.54, 1.807) is 4.68 Å². The number of carbonyl (C=O) groups excluding carboxylic acids is 1. The van der Waals surface area contributed by atoms with Gasteiger partial charge in [0.05, 0.1) is 29.4 Å². The van der Waals surface area contributed by atoms with Crippen LogP contribution in [-0.4, -0.2) is 39.8 Å². The first-order chi connectivity index (χ1) is 15.6. The van der Waals surface area contributed by atoms with Gasteiger partial charge in [-0.15, -0.1) is 0 Å². The number of nitrogens with zero attached hydrogens (tertiary/aromatic N) is 7. The van der Waals surface area contributed by atoms with E-state index in [1.807, 2.05) is 33.8 Å². The van der Waals surface area contributed by atoms with E-state index < -0.39 is 11.2 Å². The number of amides is 1. The second-order valence-electron chi connectivity index (χ2n) is 8.04. The zero-order valence-electron chi connectivity index (χ0n) is 19.3. The van der Waals surface area contributed by atoms with Crippen LogP contribution in [0.1, 0.15) is 28.3 Å². The normalized spacial score (nSPS) is 11.2. The first-order valence-electron chi connectivity index (χ1n) is 10.3. The molecule has 0 spiro atoms. The maximum atomic E-state index is 12.8. The minimum Gasteiger partial charge on any atom is -0.324 e. The first-order valence-corrected chi connectivity index (χ1v) is 10.3. The Kier molecular flexibility index (Phi) is 5.40. The Hall–Kier alpha value is -4.15. The standard InChI is InChI=1S/C22H24N8O3/c1-11-7-12(2)25-21(24-11)30-14(4)16(13(3)27-30)9-18(31)26-15-8-17-19(23-10-15)28(5)22(33)29(6)20(17)32/h7-8,10H,9H2,1-6H3,(H,26,31). The summed E-state index contributed by atoms with van der Waals surface area (Å²) in [7, 11) is 2.94. The summed E-state index contributed by atoms with van der Waals surface area (Å²) in [5, 5.41) is 7.55. The van der Waals surface area contributed by atoms with Crippen molar-refractivity contribution in [1.29, 1.82) is 0 Å². The van der Waals surface area contributed by atoms with Crippen molar-refractivity contribution in [2.75, 3.05) is 5.32 Å². The van der Waals surface area contributed by atoms with E-state index in [-0.39, 0.29) is 23.4 Å². The monoisotopic (exact) mass is 448 g/mol. The van der Waals surface area contributed by atoms with Crippen molar-refractivity contribution in [2.24, 2.45) is 14.1 Å². The molecule has 0 unspecified atom stereocenters. The second kappa shape index (κ2) is 8.08. The number of anilines is 1. The SMILES string of the molecule is Cc1cc(C)nc(-n2nc(C)c(CC(=O)Nc3cnc4c(c3)c(=O)n(C)c(=O)n4C)c2C)n1.